The van der Waals surface area contributed by atoms with E-state index in [0.717, 1.165) is 5.56 Å². The van der Waals surface area contributed by atoms with Gasteiger partial charge in [-0.2, -0.15) is 0 Å². The van der Waals surface area contributed by atoms with Crippen LogP contribution in [0.1, 0.15) is 16.1 Å². The van der Waals surface area contributed by atoms with Crippen molar-refractivity contribution in [3.05, 3.63) is 76.8 Å². The molecule has 1 heterocycles. The van der Waals surface area contributed by atoms with Gasteiger partial charge in [0.05, 0.1) is 6.54 Å². The standard InChI is InChI=1S/C17H12ClFN2O2/c18-13-5-1-11(2-6-13)16-9-15(23-21-16)10-20-17(22)12-3-7-14(19)8-4-12/h1-9H,10H2,(H,20,22). The summed E-state index contributed by atoms with van der Waals surface area (Å²) in [5, 5.41) is 7.29. The van der Waals surface area contributed by atoms with Crippen molar-refractivity contribution in [1.82, 2.24) is 10.5 Å². The molecule has 0 fully saturated rings. The van der Waals surface area contributed by atoms with E-state index < -0.39 is 0 Å². The first kappa shape index (κ1) is 15.2. The van der Waals surface area contributed by atoms with Gasteiger partial charge in [0, 0.05) is 22.2 Å². The van der Waals surface area contributed by atoms with E-state index in [0.29, 0.717) is 22.0 Å². The largest absolute Gasteiger partial charge is 0.359 e. The zero-order chi connectivity index (χ0) is 16.2. The number of aromatic nitrogens is 1. The Morgan fingerprint density at radius 3 is 2.52 bits per heavy atom. The Bertz CT molecular complexity index is 813. The number of benzene rings is 2. The Hall–Kier alpha value is -2.66. The number of halogens is 2. The van der Waals surface area contributed by atoms with E-state index >= 15 is 0 Å². The second-order valence-electron chi connectivity index (χ2n) is 4.87. The maximum absolute atomic E-state index is 12.8. The zero-order valence-corrected chi connectivity index (χ0v) is 12.7. The van der Waals surface area contributed by atoms with Crippen LogP contribution < -0.4 is 5.32 Å². The highest BCUT2D eigenvalue weighted by atomic mass is 35.5. The normalized spacial score (nSPS) is 10.5. The lowest BCUT2D eigenvalue weighted by Gasteiger charge is -2.02. The average Bonchev–Trinajstić information content (AvgIpc) is 3.03. The van der Waals surface area contributed by atoms with Gasteiger partial charge in [0.25, 0.3) is 5.91 Å². The van der Waals surface area contributed by atoms with Gasteiger partial charge in [-0.3, -0.25) is 4.79 Å². The predicted octanol–water partition coefficient (Wildman–Crippen LogP) is 4.06. The van der Waals surface area contributed by atoms with Crippen LogP contribution in [0.4, 0.5) is 4.39 Å². The molecule has 1 amide bonds. The van der Waals surface area contributed by atoms with Crippen molar-refractivity contribution in [2.45, 2.75) is 6.54 Å². The summed E-state index contributed by atoms with van der Waals surface area (Å²) in [5.74, 6) is -0.177. The lowest BCUT2D eigenvalue weighted by atomic mass is 10.1. The van der Waals surface area contributed by atoms with Crippen LogP contribution in [0.25, 0.3) is 11.3 Å². The minimum Gasteiger partial charge on any atom is -0.359 e. The van der Waals surface area contributed by atoms with E-state index in [4.69, 9.17) is 16.1 Å². The Morgan fingerprint density at radius 1 is 1.13 bits per heavy atom. The molecular formula is C17H12ClFN2O2. The second kappa shape index (κ2) is 6.62. The summed E-state index contributed by atoms with van der Waals surface area (Å²) in [4.78, 5) is 11.9. The van der Waals surface area contributed by atoms with Gasteiger partial charge >= 0.3 is 0 Å². The highest BCUT2D eigenvalue weighted by Crippen LogP contribution is 2.21. The van der Waals surface area contributed by atoms with Crippen LogP contribution in [0.2, 0.25) is 5.02 Å². The topological polar surface area (TPSA) is 55.1 Å². The summed E-state index contributed by atoms with van der Waals surface area (Å²) in [6.45, 7) is 0.191. The number of hydrogen-bond donors (Lipinski definition) is 1. The van der Waals surface area contributed by atoms with Crippen LogP contribution in [0.15, 0.2) is 59.1 Å². The number of nitrogens with one attached hydrogen (secondary N) is 1. The summed E-state index contributed by atoms with van der Waals surface area (Å²) in [6, 6.07) is 14.3. The molecule has 6 heteroatoms. The van der Waals surface area contributed by atoms with Gasteiger partial charge in [0.15, 0.2) is 5.76 Å². The van der Waals surface area contributed by atoms with Crippen LogP contribution in [-0.2, 0) is 6.54 Å². The monoisotopic (exact) mass is 330 g/mol. The molecule has 0 radical (unpaired) electrons. The van der Waals surface area contributed by atoms with Crippen molar-refractivity contribution >= 4 is 17.5 Å². The zero-order valence-electron chi connectivity index (χ0n) is 11.9. The fourth-order valence-electron chi connectivity index (χ4n) is 2.02. The Labute approximate surface area is 136 Å². The van der Waals surface area contributed by atoms with Crippen molar-refractivity contribution in [1.29, 1.82) is 0 Å². The molecule has 23 heavy (non-hydrogen) atoms. The van der Waals surface area contributed by atoms with Gasteiger partial charge in [-0.15, -0.1) is 0 Å². The number of rotatable bonds is 4. The summed E-state index contributed by atoms with van der Waals surface area (Å²) in [7, 11) is 0. The number of amides is 1. The maximum Gasteiger partial charge on any atom is 0.251 e. The highest BCUT2D eigenvalue weighted by Gasteiger charge is 2.09. The molecule has 1 aromatic heterocycles. The third kappa shape index (κ3) is 3.76. The molecule has 3 rings (SSSR count). The molecule has 0 unspecified atom stereocenters. The third-order valence-electron chi connectivity index (χ3n) is 3.23. The van der Waals surface area contributed by atoms with E-state index in [9.17, 15) is 9.18 Å². The molecule has 0 bridgehead atoms. The van der Waals surface area contributed by atoms with E-state index in [2.05, 4.69) is 10.5 Å². The first-order valence-electron chi connectivity index (χ1n) is 6.87. The first-order chi connectivity index (χ1) is 11.1. The van der Waals surface area contributed by atoms with Crippen LogP contribution in [0.5, 0.6) is 0 Å². The highest BCUT2D eigenvalue weighted by molar-refractivity contribution is 6.30. The van der Waals surface area contributed by atoms with Crippen molar-refractivity contribution < 1.29 is 13.7 Å². The van der Waals surface area contributed by atoms with Crippen LogP contribution in [0.3, 0.4) is 0 Å². The van der Waals surface area contributed by atoms with Gasteiger partial charge in [-0.1, -0.05) is 28.9 Å². The van der Waals surface area contributed by atoms with Crippen molar-refractivity contribution in [2.75, 3.05) is 0 Å². The minimum atomic E-state index is -0.385. The molecule has 1 N–H and O–H groups in total. The second-order valence-corrected chi connectivity index (χ2v) is 5.31. The molecular weight excluding hydrogens is 319 g/mol. The van der Waals surface area contributed by atoms with Crippen molar-refractivity contribution in [3.63, 3.8) is 0 Å². The average molecular weight is 331 g/mol. The van der Waals surface area contributed by atoms with E-state index in [-0.39, 0.29) is 18.3 Å². The smallest absolute Gasteiger partial charge is 0.251 e. The van der Waals surface area contributed by atoms with E-state index in [1.54, 1.807) is 18.2 Å². The lowest BCUT2D eigenvalue weighted by molar-refractivity contribution is 0.0947. The Balaban J connectivity index is 1.64. The van der Waals surface area contributed by atoms with Gasteiger partial charge in [0.1, 0.15) is 11.5 Å². The molecule has 2 aromatic carbocycles. The Morgan fingerprint density at radius 2 is 1.83 bits per heavy atom. The van der Waals surface area contributed by atoms with Crippen LogP contribution >= 0.6 is 11.6 Å². The van der Waals surface area contributed by atoms with Gasteiger partial charge < -0.3 is 9.84 Å². The molecule has 3 aromatic rings. The van der Waals surface area contributed by atoms with E-state index in [1.165, 1.54) is 24.3 Å². The van der Waals surface area contributed by atoms with Gasteiger partial charge in [-0.05, 0) is 36.4 Å². The van der Waals surface area contributed by atoms with Gasteiger partial charge in [0.2, 0.25) is 0 Å². The fourth-order valence-corrected chi connectivity index (χ4v) is 2.15. The summed E-state index contributed by atoms with van der Waals surface area (Å²) >= 11 is 5.84. The lowest BCUT2D eigenvalue weighted by Crippen LogP contribution is -2.22. The van der Waals surface area contributed by atoms with Crippen LogP contribution in [0, 0.1) is 5.82 Å². The maximum atomic E-state index is 12.8. The Kier molecular flexibility index (Phi) is 4.39. The molecule has 0 aliphatic heterocycles. The number of nitrogens with zero attached hydrogens (tertiary/aromatic N) is 1. The predicted molar refractivity (Wildman–Crippen MR) is 84.5 cm³/mol. The van der Waals surface area contributed by atoms with Crippen LogP contribution in [-0.4, -0.2) is 11.1 Å². The van der Waals surface area contributed by atoms with Crippen molar-refractivity contribution in [3.8, 4) is 11.3 Å². The summed E-state index contributed by atoms with van der Waals surface area (Å²) in [5.41, 5.74) is 1.91. The SMILES string of the molecule is O=C(NCc1cc(-c2ccc(Cl)cc2)no1)c1ccc(F)cc1. The third-order valence-corrected chi connectivity index (χ3v) is 3.48. The number of hydrogen-bond acceptors (Lipinski definition) is 3. The molecule has 116 valence electrons. The minimum absolute atomic E-state index is 0.191. The van der Waals surface area contributed by atoms with Crippen molar-refractivity contribution in [2.24, 2.45) is 0 Å². The molecule has 0 aliphatic carbocycles. The molecule has 4 nitrogen and oxygen atoms in total. The van der Waals surface area contributed by atoms with Gasteiger partial charge in [-0.25, -0.2) is 4.39 Å². The van der Waals surface area contributed by atoms with E-state index in [1.807, 2.05) is 12.1 Å². The first-order valence-corrected chi connectivity index (χ1v) is 7.25. The molecule has 0 aliphatic rings. The quantitative estimate of drug-likeness (QED) is 0.784. The number of carbonyl (C=O) groups excluding carboxylic acids is 1. The number of carbonyl (C=O) groups is 1. The summed E-state index contributed by atoms with van der Waals surface area (Å²) in [6.07, 6.45) is 0. The fraction of sp³-hybridized carbons (Fsp3) is 0.0588. The summed E-state index contributed by atoms with van der Waals surface area (Å²) < 4.78 is 18.0. The molecule has 0 saturated carbocycles. The molecule has 0 saturated heterocycles. The molecule has 0 atom stereocenters. The molecule has 0 spiro atoms.